The zero-order valence-corrected chi connectivity index (χ0v) is 25.5. The van der Waals surface area contributed by atoms with Gasteiger partial charge < -0.3 is 54.3 Å². The predicted octanol–water partition coefficient (Wildman–Crippen LogP) is -0.0647. The molecular weight excluding hydrogens is 648 g/mol. The monoisotopic (exact) mass is 680 g/mol. The molecule has 0 bridgehead atoms. The summed E-state index contributed by atoms with van der Waals surface area (Å²) in [7, 11) is 0. The number of hydrogen-bond donors (Lipinski definition) is 6. The summed E-state index contributed by atoms with van der Waals surface area (Å²) in [5.41, 5.74) is -2.96. The van der Waals surface area contributed by atoms with E-state index in [0.717, 1.165) is 18.2 Å². The van der Waals surface area contributed by atoms with Crippen LogP contribution in [0.3, 0.4) is 0 Å². The number of ether oxygens (including phenoxy) is 5. The van der Waals surface area contributed by atoms with Crippen LogP contribution in [0, 0.1) is 0 Å². The zero-order valence-electron chi connectivity index (χ0n) is 25.5. The summed E-state index contributed by atoms with van der Waals surface area (Å²) >= 11 is 0. The molecule has 2 aliphatic rings. The third-order valence-corrected chi connectivity index (χ3v) is 7.82. The Labute approximate surface area is 278 Å². The first-order chi connectivity index (χ1) is 23.4. The van der Waals surface area contributed by atoms with Crippen molar-refractivity contribution >= 4 is 23.7 Å². The number of benzene rings is 3. The highest BCUT2D eigenvalue weighted by atomic mass is 16.7. The van der Waals surface area contributed by atoms with Crippen molar-refractivity contribution in [1.29, 1.82) is 0 Å². The van der Waals surface area contributed by atoms with Gasteiger partial charge in [0.2, 0.25) is 18.0 Å². The molecule has 8 atom stereocenters. The fourth-order valence-electron chi connectivity index (χ4n) is 5.06. The van der Waals surface area contributed by atoms with Gasteiger partial charge >= 0.3 is 17.9 Å². The van der Waals surface area contributed by atoms with Crippen LogP contribution in [0.2, 0.25) is 0 Å². The highest BCUT2D eigenvalue weighted by Crippen LogP contribution is 2.32. The van der Waals surface area contributed by atoms with E-state index in [-0.39, 0.29) is 28.2 Å². The van der Waals surface area contributed by atoms with E-state index >= 15 is 0 Å². The first-order valence-corrected chi connectivity index (χ1v) is 14.9. The van der Waals surface area contributed by atoms with Crippen molar-refractivity contribution in [2.45, 2.75) is 55.1 Å². The molecule has 1 aliphatic heterocycles. The minimum atomic E-state index is -3.08. The van der Waals surface area contributed by atoms with E-state index in [1.807, 2.05) is 0 Å². The van der Waals surface area contributed by atoms with Crippen LogP contribution in [-0.4, -0.2) is 109 Å². The van der Waals surface area contributed by atoms with Gasteiger partial charge in [-0.05, 0) is 54.6 Å². The summed E-state index contributed by atoms with van der Waals surface area (Å²) in [6.07, 6.45) is -11.0. The van der Waals surface area contributed by atoms with E-state index in [9.17, 15) is 49.8 Å². The molecule has 1 fully saturated rings. The van der Waals surface area contributed by atoms with Gasteiger partial charge in [0.25, 0.3) is 0 Å². The Morgan fingerprint density at radius 2 is 1.43 bits per heavy atom. The van der Waals surface area contributed by atoms with Crippen LogP contribution >= 0.6 is 0 Å². The average molecular weight is 681 g/mol. The molecule has 1 heterocycles. The lowest BCUT2D eigenvalue weighted by Crippen LogP contribution is -2.63. The van der Waals surface area contributed by atoms with Crippen molar-refractivity contribution in [3.63, 3.8) is 0 Å². The third kappa shape index (κ3) is 7.62. The van der Waals surface area contributed by atoms with Crippen LogP contribution in [0.15, 0.2) is 91.0 Å². The summed E-state index contributed by atoms with van der Waals surface area (Å²) in [6.45, 7) is -1.32. The quantitative estimate of drug-likeness (QED) is 0.122. The van der Waals surface area contributed by atoms with Crippen molar-refractivity contribution in [2.75, 3.05) is 6.61 Å². The second-order valence-electron chi connectivity index (χ2n) is 11.1. The first-order valence-electron chi connectivity index (χ1n) is 14.9. The molecule has 15 heteroatoms. The number of carbonyl (C=O) groups is 4. The van der Waals surface area contributed by atoms with Crippen molar-refractivity contribution < 1.29 is 73.5 Å². The SMILES string of the molecule is O=C(OCC1OC(Oc2ccc(O)cc2COC(=O)C2(O)C(O)C=CC(=O)C2OC(=O)c2ccccc2)C(O)C(O)C1O)c1ccccc1. The van der Waals surface area contributed by atoms with Gasteiger partial charge in [-0.3, -0.25) is 4.79 Å². The number of aromatic hydroxyl groups is 1. The maximum atomic E-state index is 13.3. The maximum Gasteiger partial charge on any atom is 0.346 e. The van der Waals surface area contributed by atoms with Crippen LogP contribution < -0.4 is 4.74 Å². The molecular formula is C34H32O15. The standard InChI is InChI=1S/C34H32O15/c35-21-11-13-23(47-32-28(40)27(39)26(38)24(48-32)17-45-30(41)18-7-3-1-4-8-18)20(15-21)16-46-33(43)34(44)25(37)14-12-22(36)29(34)49-31(42)19-9-5-2-6-10-19/h1-15,24-29,32,35,37-40,44H,16-17H2. The Morgan fingerprint density at radius 3 is 2.08 bits per heavy atom. The van der Waals surface area contributed by atoms with Gasteiger partial charge in [-0.25, -0.2) is 14.4 Å². The molecule has 3 aromatic carbocycles. The van der Waals surface area contributed by atoms with Gasteiger partial charge in [-0.15, -0.1) is 0 Å². The van der Waals surface area contributed by atoms with E-state index in [2.05, 4.69) is 0 Å². The molecule has 0 radical (unpaired) electrons. The third-order valence-electron chi connectivity index (χ3n) is 7.82. The maximum absolute atomic E-state index is 13.3. The van der Waals surface area contributed by atoms with Gasteiger partial charge in [-0.2, -0.15) is 0 Å². The molecule has 1 aliphatic carbocycles. The number of hydrogen-bond acceptors (Lipinski definition) is 15. The van der Waals surface area contributed by atoms with Crippen LogP contribution in [0.4, 0.5) is 0 Å². The molecule has 5 rings (SSSR count). The molecule has 15 nitrogen and oxygen atoms in total. The average Bonchev–Trinajstić information content (AvgIpc) is 3.11. The van der Waals surface area contributed by atoms with Crippen molar-refractivity contribution in [3.05, 3.63) is 108 Å². The van der Waals surface area contributed by atoms with E-state index in [4.69, 9.17) is 23.7 Å². The Bertz CT molecular complexity index is 1690. The van der Waals surface area contributed by atoms with Gasteiger partial charge in [0.05, 0.1) is 11.1 Å². The molecule has 0 amide bonds. The lowest BCUT2D eigenvalue weighted by Gasteiger charge is -2.40. The van der Waals surface area contributed by atoms with Crippen LogP contribution in [0.25, 0.3) is 0 Å². The number of rotatable bonds is 10. The molecule has 1 saturated heterocycles. The van der Waals surface area contributed by atoms with E-state index in [1.54, 1.807) is 24.3 Å². The van der Waals surface area contributed by atoms with Gasteiger partial charge in [0.15, 0.2) is 5.78 Å². The molecule has 49 heavy (non-hydrogen) atoms. The van der Waals surface area contributed by atoms with Crippen LogP contribution in [-0.2, 0) is 35.1 Å². The number of esters is 3. The molecule has 0 saturated carbocycles. The smallest absolute Gasteiger partial charge is 0.346 e. The van der Waals surface area contributed by atoms with Crippen LogP contribution in [0.1, 0.15) is 26.3 Å². The highest BCUT2D eigenvalue weighted by Gasteiger charge is 2.58. The molecule has 6 N–H and O–H groups in total. The van der Waals surface area contributed by atoms with E-state index in [0.29, 0.717) is 0 Å². The fraction of sp³-hybridized carbons (Fsp3) is 0.294. The molecule has 8 unspecified atom stereocenters. The first kappa shape index (κ1) is 35.2. The number of carbonyl (C=O) groups excluding carboxylic acids is 4. The minimum Gasteiger partial charge on any atom is -0.508 e. The Balaban J connectivity index is 1.29. The summed E-state index contributed by atoms with van der Waals surface area (Å²) in [4.78, 5) is 51.0. The summed E-state index contributed by atoms with van der Waals surface area (Å²) in [5.74, 6) is -4.92. The predicted molar refractivity (Wildman–Crippen MR) is 163 cm³/mol. The van der Waals surface area contributed by atoms with Gasteiger partial charge in [-0.1, -0.05) is 36.4 Å². The number of phenols is 1. The zero-order chi connectivity index (χ0) is 35.3. The van der Waals surface area contributed by atoms with E-state index < -0.39 is 85.4 Å². The van der Waals surface area contributed by atoms with Gasteiger partial charge in [0.1, 0.15) is 55.2 Å². The topological polar surface area (TPSA) is 236 Å². The molecule has 3 aromatic rings. The largest absolute Gasteiger partial charge is 0.508 e. The van der Waals surface area contributed by atoms with Crippen LogP contribution in [0.5, 0.6) is 11.5 Å². The normalized spacial score (nSPS) is 27.9. The number of aliphatic hydroxyl groups excluding tert-OH is 4. The number of aliphatic hydroxyl groups is 5. The lowest BCUT2D eigenvalue weighted by atomic mass is 9.83. The summed E-state index contributed by atoms with van der Waals surface area (Å²) < 4.78 is 26.9. The summed E-state index contributed by atoms with van der Waals surface area (Å²) in [5, 5.41) is 63.5. The Hall–Kier alpha value is -5.16. The van der Waals surface area contributed by atoms with Crippen molar-refractivity contribution in [3.8, 4) is 11.5 Å². The second-order valence-corrected chi connectivity index (χ2v) is 11.1. The molecule has 258 valence electrons. The second kappa shape index (κ2) is 14.9. The van der Waals surface area contributed by atoms with Crippen molar-refractivity contribution in [1.82, 2.24) is 0 Å². The Morgan fingerprint density at radius 1 is 0.796 bits per heavy atom. The number of phenolic OH excluding ortho intramolecular Hbond substituents is 1. The molecule has 0 spiro atoms. The minimum absolute atomic E-state index is 0.00189. The Kier molecular flexibility index (Phi) is 10.7. The molecule has 0 aromatic heterocycles. The van der Waals surface area contributed by atoms with Gasteiger partial charge in [0, 0.05) is 5.56 Å². The summed E-state index contributed by atoms with van der Waals surface area (Å²) in [6, 6.07) is 18.8. The van der Waals surface area contributed by atoms with E-state index in [1.165, 1.54) is 48.5 Å². The van der Waals surface area contributed by atoms with Crippen molar-refractivity contribution in [2.24, 2.45) is 0 Å². The lowest BCUT2D eigenvalue weighted by molar-refractivity contribution is -0.277. The highest BCUT2D eigenvalue weighted by molar-refractivity contribution is 6.03. The number of ketones is 1. The fourth-order valence-corrected chi connectivity index (χ4v) is 5.06.